The highest BCUT2D eigenvalue weighted by atomic mass is 16.5. The Bertz CT molecular complexity index is 853. The number of ether oxygens (including phenoxy) is 1. The van der Waals surface area contributed by atoms with Gasteiger partial charge in [-0.3, -0.25) is 0 Å². The van der Waals surface area contributed by atoms with Gasteiger partial charge < -0.3 is 20.3 Å². The van der Waals surface area contributed by atoms with Gasteiger partial charge in [0.05, 0.1) is 18.0 Å². The summed E-state index contributed by atoms with van der Waals surface area (Å²) < 4.78 is 6.55. The molecular formula is C18H20N4O4. The van der Waals surface area contributed by atoms with Crippen molar-refractivity contribution in [3.05, 3.63) is 66.1 Å². The molecule has 1 aromatic carbocycles. The lowest BCUT2D eigenvalue weighted by Crippen LogP contribution is -2.30. The minimum absolute atomic E-state index is 0.154. The monoisotopic (exact) mass is 356 g/mol. The van der Waals surface area contributed by atoms with Gasteiger partial charge >= 0.3 is 6.09 Å². The van der Waals surface area contributed by atoms with E-state index in [-0.39, 0.29) is 19.6 Å². The number of alkyl carbamates (subject to hydrolysis) is 1. The summed E-state index contributed by atoms with van der Waals surface area (Å²) in [4.78, 5) is 15.8. The first kappa shape index (κ1) is 17.8. The van der Waals surface area contributed by atoms with Gasteiger partial charge in [-0.25, -0.2) is 14.3 Å². The van der Waals surface area contributed by atoms with Crippen LogP contribution in [-0.4, -0.2) is 43.6 Å². The van der Waals surface area contributed by atoms with Crippen LogP contribution in [0.4, 0.5) is 4.79 Å². The Morgan fingerprint density at radius 2 is 2.00 bits per heavy atom. The molecule has 0 bridgehead atoms. The molecule has 3 rings (SSSR count). The Balaban J connectivity index is 1.44. The van der Waals surface area contributed by atoms with Crippen molar-refractivity contribution in [3.8, 4) is 0 Å². The summed E-state index contributed by atoms with van der Waals surface area (Å²) in [5, 5.41) is 27.1. The van der Waals surface area contributed by atoms with Gasteiger partial charge in [0.15, 0.2) is 5.65 Å². The number of carbonyl (C=O) groups excluding carboxylic acids is 1. The van der Waals surface area contributed by atoms with E-state index in [1.807, 2.05) is 30.3 Å². The highest BCUT2D eigenvalue weighted by molar-refractivity contribution is 5.67. The molecule has 0 aliphatic rings. The Morgan fingerprint density at radius 1 is 1.19 bits per heavy atom. The van der Waals surface area contributed by atoms with Gasteiger partial charge in [-0.1, -0.05) is 30.3 Å². The molecule has 2 heterocycles. The molecule has 3 aromatic rings. The summed E-state index contributed by atoms with van der Waals surface area (Å²) >= 11 is 0. The van der Waals surface area contributed by atoms with E-state index in [9.17, 15) is 15.0 Å². The highest BCUT2D eigenvalue weighted by Gasteiger charge is 2.22. The molecule has 8 nitrogen and oxygen atoms in total. The lowest BCUT2D eigenvalue weighted by Gasteiger charge is -2.17. The zero-order valence-electron chi connectivity index (χ0n) is 14.0. The van der Waals surface area contributed by atoms with Crippen molar-refractivity contribution >= 4 is 11.7 Å². The predicted molar refractivity (Wildman–Crippen MR) is 93.2 cm³/mol. The Labute approximate surface area is 150 Å². The zero-order chi connectivity index (χ0) is 18.4. The number of aromatic nitrogens is 3. The summed E-state index contributed by atoms with van der Waals surface area (Å²) in [6, 6.07) is 12.8. The first-order valence-corrected chi connectivity index (χ1v) is 8.24. The fraction of sp³-hybridized carbons (Fsp3) is 0.278. The average molecular weight is 356 g/mol. The third-order valence-corrected chi connectivity index (χ3v) is 3.89. The van der Waals surface area contributed by atoms with Crippen LogP contribution in [0.1, 0.15) is 23.8 Å². The van der Waals surface area contributed by atoms with Crippen molar-refractivity contribution in [3.63, 3.8) is 0 Å². The van der Waals surface area contributed by atoms with Crippen LogP contribution in [0.25, 0.3) is 5.65 Å². The molecule has 1 amide bonds. The van der Waals surface area contributed by atoms with Gasteiger partial charge in [0.2, 0.25) is 0 Å². The standard InChI is InChI=1S/C18H20N4O4/c23-15(17(24)14-11-20-16-7-4-9-21-22(14)16)8-10-19-18(25)26-12-13-5-2-1-3-6-13/h1-7,9,11,15,17,23-24H,8,10,12H2,(H,19,25). The molecule has 0 saturated carbocycles. The number of amides is 1. The Hall–Kier alpha value is -2.97. The predicted octanol–water partition coefficient (Wildman–Crippen LogP) is 1.44. The number of fused-ring (bicyclic) bond motifs is 1. The van der Waals surface area contributed by atoms with Crippen LogP contribution in [-0.2, 0) is 11.3 Å². The molecule has 3 N–H and O–H groups in total. The second-order valence-corrected chi connectivity index (χ2v) is 5.77. The van der Waals surface area contributed by atoms with E-state index in [0.717, 1.165) is 5.56 Å². The second kappa shape index (κ2) is 8.41. The third-order valence-electron chi connectivity index (χ3n) is 3.89. The lowest BCUT2D eigenvalue weighted by atomic mass is 10.1. The molecule has 8 heteroatoms. The van der Waals surface area contributed by atoms with Gasteiger partial charge in [0.1, 0.15) is 12.7 Å². The number of carbonyl (C=O) groups is 1. The molecule has 0 spiro atoms. The molecule has 0 saturated heterocycles. The summed E-state index contributed by atoms with van der Waals surface area (Å²) in [6.45, 7) is 0.335. The smallest absolute Gasteiger partial charge is 0.407 e. The lowest BCUT2D eigenvalue weighted by molar-refractivity contribution is 0.0101. The van der Waals surface area contributed by atoms with Crippen molar-refractivity contribution in [1.29, 1.82) is 0 Å². The fourth-order valence-electron chi connectivity index (χ4n) is 2.50. The molecule has 0 radical (unpaired) electrons. The number of aliphatic hydroxyl groups excluding tert-OH is 2. The van der Waals surface area contributed by atoms with E-state index < -0.39 is 18.3 Å². The van der Waals surface area contributed by atoms with Crippen LogP contribution in [0.15, 0.2) is 54.9 Å². The number of hydrogen-bond donors (Lipinski definition) is 3. The molecule has 2 unspecified atom stereocenters. The van der Waals surface area contributed by atoms with Gasteiger partial charge in [-0.05, 0) is 24.1 Å². The van der Waals surface area contributed by atoms with Gasteiger partial charge in [-0.2, -0.15) is 5.10 Å². The van der Waals surface area contributed by atoms with Gasteiger partial charge in [-0.15, -0.1) is 0 Å². The summed E-state index contributed by atoms with van der Waals surface area (Å²) in [7, 11) is 0. The molecular weight excluding hydrogens is 336 g/mol. The Morgan fingerprint density at radius 3 is 2.81 bits per heavy atom. The molecule has 26 heavy (non-hydrogen) atoms. The van der Waals surface area contributed by atoms with E-state index in [1.165, 1.54) is 10.7 Å². The van der Waals surface area contributed by atoms with E-state index >= 15 is 0 Å². The van der Waals surface area contributed by atoms with E-state index in [4.69, 9.17) is 4.74 Å². The summed E-state index contributed by atoms with van der Waals surface area (Å²) in [5.74, 6) is 0. The van der Waals surface area contributed by atoms with Gasteiger partial charge in [0.25, 0.3) is 0 Å². The number of nitrogens with one attached hydrogen (secondary N) is 1. The maximum atomic E-state index is 11.7. The largest absolute Gasteiger partial charge is 0.445 e. The highest BCUT2D eigenvalue weighted by Crippen LogP contribution is 2.19. The Kier molecular flexibility index (Phi) is 5.77. The topological polar surface area (TPSA) is 109 Å². The van der Waals surface area contributed by atoms with Crippen molar-refractivity contribution in [2.75, 3.05) is 6.54 Å². The maximum absolute atomic E-state index is 11.7. The van der Waals surface area contributed by atoms with E-state index in [1.54, 1.807) is 18.3 Å². The number of nitrogens with zero attached hydrogens (tertiary/aromatic N) is 3. The first-order chi connectivity index (χ1) is 12.6. The molecule has 2 aromatic heterocycles. The molecule has 136 valence electrons. The van der Waals surface area contributed by atoms with E-state index in [2.05, 4.69) is 15.4 Å². The van der Waals surface area contributed by atoms with Crippen LogP contribution in [0.3, 0.4) is 0 Å². The van der Waals surface area contributed by atoms with Crippen LogP contribution < -0.4 is 5.32 Å². The SMILES string of the molecule is O=C(NCCC(O)C(O)c1cnc2cccnn12)OCc1ccccc1. The zero-order valence-corrected chi connectivity index (χ0v) is 14.0. The van der Waals surface area contributed by atoms with Crippen LogP contribution >= 0.6 is 0 Å². The first-order valence-electron chi connectivity index (χ1n) is 8.24. The average Bonchev–Trinajstić information content (AvgIpc) is 3.10. The quantitative estimate of drug-likeness (QED) is 0.591. The van der Waals surface area contributed by atoms with Gasteiger partial charge in [0, 0.05) is 12.7 Å². The van der Waals surface area contributed by atoms with Crippen molar-refractivity contribution < 1.29 is 19.7 Å². The van der Waals surface area contributed by atoms with Crippen LogP contribution in [0.2, 0.25) is 0 Å². The molecule has 0 aliphatic carbocycles. The van der Waals surface area contributed by atoms with Crippen LogP contribution in [0, 0.1) is 0 Å². The second-order valence-electron chi connectivity index (χ2n) is 5.77. The number of rotatable bonds is 7. The molecule has 2 atom stereocenters. The summed E-state index contributed by atoms with van der Waals surface area (Å²) in [5.41, 5.74) is 1.86. The minimum atomic E-state index is -1.16. The summed E-state index contributed by atoms with van der Waals surface area (Å²) in [6.07, 6.45) is 0.376. The molecule has 0 aliphatic heterocycles. The number of aliphatic hydroxyl groups is 2. The minimum Gasteiger partial charge on any atom is -0.445 e. The number of benzene rings is 1. The van der Waals surface area contributed by atoms with Crippen molar-refractivity contribution in [2.24, 2.45) is 0 Å². The number of hydrogen-bond acceptors (Lipinski definition) is 6. The number of imidazole rings is 1. The van der Waals surface area contributed by atoms with Crippen LogP contribution in [0.5, 0.6) is 0 Å². The fourth-order valence-corrected chi connectivity index (χ4v) is 2.50. The van der Waals surface area contributed by atoms with E-state index in [0.29, 0.717) is 11.3 Å². The molecule has 0 fully saturated rings. The maximum Gasteiger partial charge on any atom is 0.407 e. The normalized spacial score (nSPS) is 13.3. The van der Waals surface area contributed by atoms with Crippen molar-refractivity contribution in [2.45, 2.75) is 25.2 Å². The third kappa shape index (κ3) is 4.35. The van der Waals surface area contributed by atoms with Crippen molar-refractivity contribution in [1.82, 2.24) is 19.9 Å².